The van der Waals surface area contributed by atoms with E-state index in [0.717, 1.165) is 43.7 Å². The van der Waals surface area contributed by atoms with E-state index in [1.807, 2.05) is 24.3 Å². The summed E-state index contributed by atoms with van der Waals surface area (Å²) >= 11 is 0. The molecule has 0 spiro atoms. The number of aliphatic imine (C=N–C) groups is 1. The summed E-state index contributed by atoms with van der Waals surface area (Å²) in [6, 6.07) is 7.93. The van der Waals surface area contributed by atoms with Gasteiger partial charge in [0.25, 0.3) is 0 Å². The summed E-state index contributed by atoms with van der Waals surface area (Å²) in [4.78, 5) is 4.29. The van der Waals surface area contributed by atoms with Crippen molar-refractivity contribution in [3.8, 4) is 0 Å². The fraction of sp³-hybridized carbons (Fsp3) is 0.462. The van der Waals surface area contributed by atoms with Gasteiger partial charge in [0.15, 0.2) is 0 Å². The third-order valence-electron chi connectivity index (χ3n) is 2.40. The molecule has 0 saturated carbocycles. The van der Waals surface area contributed by atoms with E-state index in [-0.39, 0.29) is 0 Å². The summed E-state index contributed by atoms with van der Waals surface area (Å²) in [5.74, 6) is 0.572. The minimum atomic E-state index is 0.572. The Labute approximate surface area is 103 Å². The third-order valence-corrected chi connectivity index (χ3v) is 2.40. The van der Waals surface area contributed by atoms with Gasteiger partial charge in [0.2, 0.25) is 0 Å². The van der Waals surface area contributed by atoms with E-state index >= 15 is 0 Å². The zero-order valence-corrected chi connectivity index (χ0v) is 10.4. The van der Waals surface area contributed by atoms with Gasteiger partial charge in [0.05, 0.1) is 17.2 Å². The van der Waals surface area contributed by atoms with E-state index in [0.29, 0.717) is 5.84 Å². The van der Waals surface area contributed by atoms with Gasteiger partial charge in [0.1, 0.15) is 0 Å². The van der Waals surface area contributed by atoms with E-state index in [4.69, 9.17) is 11.5 Å². The van der Waals surface area contributed by atoms with Crippen LogP contribution in [0.5, 0.6) is 0 Å². The molecule has 0 aliphatic carbocycles. The summed E-state index contributed by atoms with van der Waals surface area (Å²) in [6.45, 7) is 3.50. The fourth-order valence-corrected chi connectivity index (χ4v) is 1.58. The number of rotatable bonds is 7. The number of nitrogens with one attached hydrogen (secondary N) is 1. The lowest BCUT2D eigenvalue weighted by Crippen LogP contribution is -2.06. The lowest BCUT2D eigenvalue weighted by atomic mass is 10.2. The van der Waals surface area contributed by atoms with Gasteiger partial charge in [-0.15, -0.1) is 0 Å². The number of hydrogen-bond acceptors (Lipinski definition) is 3. The first kappa shape index (κ1) is 13.5. The molecule has 1 aromatic carbocycles. The van der Waals surface area contributed by atoms with Crippen molar-refractivity contribution in [3.63, 3.8) is 0 Å². The Bertz CT molecular complexity index is 356. The van der Waals surface area contributed by atoms with Crippen LogP contribution in [0.2, 0.25) is 0 Å². The second-order valence-corrected chi connectivity index (χ2v) is 4.05. The predicted molar refractivity (Wildman–Crippen MR) is 74.8 cm³/mol. The standard InChI is InChI=1S/C13H22N4/c1-11(15)17-13-8-4-3-7-12(13)16-10-6-2-5-9-14/h3-4,7-8,16H,2,5-6,9-10,14H2,1H3,(H2,15,17). The van der Waals surface area contributed by atoms with Crippen LogP contribution in [0.1, 0.15) is 26.2 Å². The van der Waals surface area contributed by atoms with Crippen LogP contribution < -0.4 is 16.8 Å². The molecule has 94 valence electrons. The molecule has 4 heteroatoms. The Balaban J connectivity index is 2.49. The molecule has 1 rings (SSSR count). The van der Waals surface area contributed by atoms with Gasteiger partial charge in [-0.25, -0.2) is 4.99 Å². The summed E-state index contributed by atoms with van der Waals surface area (Å²) < 4.78 is 0. The van der Waals surface area contributed by atoms with Crippen LogP contribution >= 0.6 is 0 Å². The molecular weight excluding hydrogens is 212 g/mol. The van der Waals surface area contributed by atoms with Crippen LogP contribution in [0.25, 0.3) is 0 Å². The van der Waals surface area contributed by atoms with Crippen LogP contribution in [-0.2, 0) is 0 Å². The van der Waals surface area contributed by atoms with E-state index in [1.54, 1.807) is 6.92 Å². The number of hydrogen-bond donors (Lipinski definition) is 3. The van der Waals surface area contributed by atoms with E-state index in [2.05, 4.69) is 10.3 Å². The summed E-state index contributed by atoms with van der Waals surface area (Å²) in [5.41, 5.74) is 13.0. The molecule has 0 amide bonds. The number of unbranched alkanes of at least 4 members (excludes halogenated alkanes) is 2. The maximum atomic E-state index is 5.60. The molecule has 0 unspecified atom stereocenters. The summed E-state index contributed by atoms with van der Waals surface area (Å²) in [7, 11) is 0. The Hall–Kier alpha value is -1.55. The van der Waals surface area contributed by atoms with E-state index in [1.165, 1.54) is 0 Å². The number of nitrogens with two attached hydrogens (primary N) is 2. The van der Waals surface area contributed by atoms with Gasteiger partial charge >= 0.3 is 0 Å². The maximum Gasteiger partial charge on any atom is 0.0965 e. The predicted octanol–water partition coefficient (Wildman–Crippen LogP) is 2.24. The molecule has 0 fully saturated rings. The number of anilines is 1. The molecule has 0 bridgehead atoms. The molecular formula is C13H22N4. The van der Waals surface area contributed by atoms with Crippen molar-refractivity contribution in [2.24, 2.45) is 16.5 Å². The maximum absolute atomic E-state index is 5.60. The highest BCUT2D eigenvalue weighted by Gasteiger charge is 1.99. The van der Waals surface area contributed by atoms with Gasteiger partial charge in [-0.2, -0.15) is 0 Å². The van der Waals surface area contributed by atoms with Crippen molar-refractivity contribution in [1.29, 1.82) is 0 Å². The van der Waals surface area contributed by atoms with Crippen LogP contribution in [-0.4, -0.2) is 18.9 Å². The van der Waals surface area contributed by atoms with Crippen molar-refractivity contribution >= 4 is 17.2 Å². The quantitative estimate of drug-likeness (QED) is 0.384. The molecule has 17 heavy (non-hydrogen) atoms. The molecule has 0 heterocycles. The molecule has 1 aromatic rings. The van der Waals surface area contributed by atoms with Crippen molar-refractivity contribution in [3.05, 3.63) is 24.3 Å². The molecule has 5 N–H and O–H groups in total. The van der Waals surface area contributed by atoms with Crippen LogP contribution in [0, 0.1) is 0 Å². The Morgan fingerprint density at radius 3 is 2.71 bits per heavy atom. The van der Waals surface area contributed by atoms with E-state index in [9.17, 15) is 0 Å². The zero-order valence-electron chi connectivity index (χ0n) is 10.4. The normalized spacial score (nSPS) is 11.5. The summed E-state index contributed by atoms with van der Waals surface area (Å²) in [6.07, 6.45) is 3.37. The SMILES string of the molecule is CC(N)=Nc1ccccc1NCCCCCN. The highest BCUT2D eigenvalue weighted by molar-refractivity contribution is 5.83. The lowest BCUT2D eigenvalue weighted by molar-refractivity contribution is 0.707. The molecule has 0 aliphatic heterocycles. The Morgan fingerprint density at radius 2 is 2.00 bits per heavy atom. The smallest absolute Gasteiger partial charge is 0.0965 e. The average Bonchev–Trinajstić information content (AvgIpc) is 2.30. The van der Waals surface area contributed by atoms with E-state index < -0.39 is 0 Å². The number of para-hydroxylation sites is 2. The third kappa shape index (κ3) is 5.36. The van der Waals surface area contributed by atoms with Crippen LogP contribution in [0.15, 0.2) is 29.3 Å². The topological polar surface area (TPSA) is 76.4 Å². The minimum absolute atomic E-state index is 0.572. The Morgan fingerprint density at radius 1 is 1.24 bits per heavy atom. The zero-order chi connectivity index (χ0) is 12.5. The molecule has 0 aliphatic rings. The second-order valence-electron chi connectivity index (χ2n) is 4.05. The van der Waals surface area contributed by atoms with Crippen molar-refractivity contribution < 1.29 is 0 Å². The lowest BCUT2D eigenvalue weighted by Gasteiger charge is -2.09. The first-order chi connectivity index (χ1) is 8.24. The monoisotopic (exact) mass is 234 g/mol. The molecule has 0 saturated heterocycles. The molecule has 4 nitrogen and oxygen atoms in total. The van der Waals surface area contributed by atoms with Crippen LogP contribution in [0.4, 0.5) is 11.4 Å². The highest BCUT2D eigenvalue weighted by Crippen LogP contribution is 2.24. The average molecular weight is 234 g/mol. The minimum Gasteiger partial charge on any atom is -0.387 e. The Kier molecular flexibility index (Phi) is 6.10. The molecule has 0 atom stereocenters. The fourth-order valence-electron chi connectivity index (χ4n) is 1.58. The van der Waals surface area contributed by atoms with Crippen molar-refractivity contribution in [1.82, 2.24) is 0 Å². The summed E-state index contributed by atoms with van der Waals surface area (Å²) in [5, 5.41) is 3.37. The second kappa shape index (κ2) is 7.68. The van der Waals surface area contributed by atoms with Gasteiger partial charge in [-0.3, -0.25) is 0 Å². The number of amidine groups is 1. The highest BCUT2D eigenvalue weighted by atomic mass is 14.9. The van der Waals surface area contributed by atoms with Gasteiger partial charge < -0.3 is 16.8 Å². The molecule has 0 radical (unpaired) electrons. The molecule has 0 aromatic heterocycles. The van der Waals surface area contributed by atoms with Gasteiger partial charge in [0, 0.05) is 6.54 Å². The number of benzene rings is 1. The van der Waals surface area contributed by atoms with Crippen molar-refractivity contribution in [2.45, 2.75) is 26.2 Å². The number of nitrogens with zero attached hydrogens (tertiary/aromatic N) is 1. The van der Waals surface area contributed by atoms with Crippen LogP contribution in [0.3, 0.4) is 0 Å². The van der Waals surface area contributed by atoms with Gasteiger partial charge in [-0.1, -0.05) is 18.6 Å². The van der Waals surface area contributed by atoms with Crippen molar-refractivity contribution in [2.75, 3.05) is 18.4 Å². The van der Waals surface area contributed by atoms with Gasteiger partial charge in [-0.05, 0) is 38.4 Å². The largest absolute Gasteiger partial charge is 0.387 e. The first-order valence-electron chi connectivity index (χ1n) is 6.08. The first-order valence-corrected chi connectivity index (χ1v) is 6.08.